The molecule has 2 rings (SSSR count). The highest BCUT2D eigenvalue weighted by atomic mass is 127. The van der Waals surface area contributed by atoms with Crippen LogP contribution in [-0.4, -0.2) is 17.1 Å². The summed E-state index contributed by atoms with van der Waals surface area (Å²) in [5, 5.41) is 0.377. The van der Waals surface area contributed by atoms with Crippen LogP contribution >= 0.6 is 34.2 Å². The lowest BCUT2D eigenvalue weighted by Crippen LogP contribution is -2.17. The molecule has 0 saturated carbocycles. The second-order valence-corrected chi connectivity index (χ2v) is 7.04. The lowest BCUT2D eigenvalue weighted by atomic mass is 9.92. The molecule has 0 radical (unpaired) electrons. The first-order chi connectivity index (χ1) is 9.74. The van der Waals surface area contributed by atoms with E-state index in [0.717, 1.165) is 9.26 Å². The number of aromatic nitrogens is 2. The van der Waals surface area contributed by atoms with E-state index in [-0.39, 0.29) is 11.2 Å². The van der Waals surface area contributed by atoms with Crippen molar-refractivity contribution in [1.82, 2.24) is 9.97 Å². The van der Waals surface area contributed by atoms with Crippen LogP contribution in [0.15, 0.2) is 18.2 Å². The fourth-order valence-corrected chi connectivity index (χ4v) is 3.07. The van der Waals surface area contributed by atoms with Crippen molar-refractivity contribution in [3.63, 3.8) is 0 Å². The topological polar surface area (TPSA) is 35.0 Å². The summed E-state index contributed by atoms with van der Waals surface area (Å²) >= 11 is 8.33. The molecule has 0 spiro atoms. The van der Waals surface area contributed by atoms with Gasteiger partial charge in [-0.25, -0.2) is 14.4 Å². The minimum Gasteiger partial charge on any atom is -0.494 e. The predicted molar refractivity (Wildman–Crippen MR) is 90.4 cm³/mol. The van der Waals surface area contributed by atoms with E-state index in [1.165, 1.54) is 13.2 Å². The van der Waals surface area contributed by atoms with E-state index >= 15 is 0 Å². The summed E-state index contributed by atoms with van der Waals surface area (Å²) < 4.78 is 19.6. The molecule has 0 aliphatic heterocycles. The Hall–Kier alpha value is -0.950. The third-order valence-electron chi connectivity index (χ3n) is 2.93. The highest BCUT2D eigenvalue weighted by Gasteiger charge is 2.23. The van der Waals surface area contributed by atoms with Gasteiger partial charge in [-0.05, 0) is 40.8 Å². The van der Waals surface area contributed by atoms with Crippen LogP contribution in [0.1, 0.15) is 26.5 Å². The largest absolute Gasteiger partial charge is 0.494 e. The highest BCUT2D eigenvalue weighted by Crippen LogP contribution is 2.32. The van der Waals surface area contributed by atoms with Gasteiger partial charge in [-0.15, -0.1) is 0 Å². The van der Waals surface area contributed by atoms with Crippen LogP contribution in [0.3, 0.4) is 0 Å². The van der Waals surface area contributed by atoms with Crippen LogP contribution in [-0.2, 0) is 5.41 Å². The number of benzene rings is 1. The molecule has 2 aromatic rings. The third kappa shape index (κ3) is 3.45. The Bertz CT molecular complexity index is 686. The minimum absolute atomic E-state index is 0.178. The molecule has 3 nitrogen and oxygen atoms in total. The number of halogens is 3. The van der Waals surface area contributed by atoms with Crippen molar-refractivity contribution in [2.45, 2.75) is 26.2 Å². The van der Waals surface area contributed by atoms with Crippen LogP contribution in [0.2, 0.25) is 5.15 Å². The molecule has 1 heterocycles. The number of rotatable bonds is 2. The summed E-state index contributed by atoms with van der Waals surface area (Å²) in [7, 11) is 1.42. The Morgan fingerprint density at radius 3 is 2.43 bits per heavy atom. The zero-order chi connectivity index (χ0) is 15.8. The Balaban J connectivity index is 2.60. The first kappa shape index (κ1) is 16.4. The Morgan fingerprint density at radius 2 is 1.90 bits per heavy atom. The molecule has 112 valence electrons. The number of methoxy groups -OCH3 is 1. The molecule has 0 amide bonds. The van der Waals surface area contributed by atoms with Gasteiger partial charge in [-0.1, -0.05) is 32.4 Å². The summed E-state index contributed by atoms with van der Waals surface area (Å²) in [6.07, 6.45) is 0. The van der Waals surface area contributed by atoms with Gasteiger partial charge >= 0.3 is 0 Å². The zero-order valence-electron chi connectivity index (χ0n) is 12.2. The van der Waals surface area contributed by atoms with Crippen molar-refractivity contribution < 1.29 is 9.13 Å². The van der Waals surface area contributed by atoms with Gasteiger partial charge in [0.05, 0.1) is 16.4 Å². The summed E-state index contributed by atoms with van der Waals surface area (Å²) in [5.41, 5.74) is 1.23. The van der Waals surface area contributed by atoms with Crippen LogP contribution < -0.4 is 4.74 Å². The first-order valence-electron chi connectivity index (χ1n) is 6.31. The fraction of sp³-hybridized carbons (Fsp3) is 0.333. The number of hydrogen-bond acceptors (Lipinski definition) is 3. The summed E-state index contributed by atoms with van der Waals surface area (Å²) in [6.45, 7) is 6.14. The Labute approximate surface area is 142 Å². The molecule has 0 fully saturated rings. The Kier molecular flexibility index (Phi) is 4.72. The SMILES string of the molecule is COc1ccc(-c2nc(Cl)c(I)c(C(C)(C)C)n2)cc1F. The number of ether oxygens (including phenoxy) is 1. The predicted octanol–water partition coefficient (Wildman–Crippen LogP) is 4.85. The van der Waals surface area contributed by atoms with Gasteiger partial charge < -0.3 is 4.74 Å². The second kappa shape index (κ2) is 6.04. The van der Waals surface area contributed by atoms with Crippen LogP contribution in [0.5, 0.6) is 5.75 Å². The van der Waals surface area contributed by atoms with Crippen LogP contribution in [0.25, 0.3) is 11.4 Å². The van der Waals surface area contributed by atoms with E-state index in [2.05, 4.69) is 32.6 Å². The van der Waals surface area contributed by atoms with Crippen molar-refractivity contribution in [2.24, 2.45) is 0 Å². The van der Waals surface area contributed by atoms with Crippen LogP contribution in [0, 0.1) is 9.39 Å². The van der Waals surface area contributed by atoms with E-state index < -0.39 is 5.82 Å². The highest BCUT2D eigenvalue weighted by molar-refractivity contribution is 14.1. The van der Waals surface area contributed by atoms with Crippen molar-refractivity contribution in [1.29, 1.82) is 0 Å². The average molecular weight is 421 g/mol. The number of nitrogens with zero attached hydrogens (tertiary/aromatic N) is 2. The molecule has 6 heteroatoms. The summed E-state index contributed by atoms with van der Waals surface area (Å²) in [6, 6.07) is 4.62. The van der Waals surface area contributed by atoms with E-state index in [9.17, 15) is 4.39 Å². The molecular weight excluding hydrogens is 406 g/mol. The maximum absolute atomic E-state index is 13.8. The maximum atomic E-state index is 13.8. The quantitative estimate of drug-likeness (QED) is 0.515. The minimum atomic E-state index is -0.453. The van der Waals surface area contributed by atoms with E-state index in [1.54, 1.807) is 12.1 Å². The van der Waals surface area contributed by atoms with Crippen molar-refractivity contribution in [3.8, 4) is 17.1 Å². The molecule has 0 saturated heterocycles. The fourth-order valence-electron chi connectivity index (χ4n) is 1.85. The molecule has 0 N–H and O–H groups in total. The molecular formula is C15H15ClFIN2O. The van der Waals surface area contributed by atoms with Crippen molar-refractivity contribution >= 4 is 34.2 Å². The zero-order valence-corrected chi connectivity index (χ0v) is 15.1. The second-order valence-electron chi connectivity index (χ2n) is 5.60. The van der Waals surface area contributed by atoms with Gasteiger partial charge in [-0.2, -0.15) is 0 Å². The molecule has 1 aromatic carbocycles. The van der Waals surface area contributed by atoms with Gasteiger partial charge in [0.15, 0.2) is 17.4 Å². The van der Waals surface area contributed by atoms with Crippen molar-refractivity contribution in [3.05, 3.63) is 38.4 Å². The standard InChI is InChI=1S/C15H15ClFIN2O/c1-15(2,3)12-11(18)13(16)20-14(19-12)8-5-6-10(21-4)9(17)7-8/h5-7H,1-4H3. The monoisotopic (exact) mass is 420 g/mol. The molecule has 0 unspecified atom stereocenters. The molecule has 1 aromatic heterocycles. The van der Waals surface area contributed by atoms with Crippen LogP contribution in [0.4, 0.5) is 4.39 Å². The normalized spacial score (nSPS) is 11.6. The molecule has 0 atom stereocenters. The van der Waals surface area contributed by atoms with Gasteiger partial charge in [0.25, 0.3) is 0 Å². The van der Waals surface area contributed by atoms with Gasteiger partial charge in [-0.3, -0.25) is 0 Å². The van der Waals surface area contributed by atoms with E-state index in [4.69, 9.17) is 16.3 Å². The lowest BCUT2D eigenvalue weighted by Gasteiger charge is -2.20. The van der Waals surface area contributed by atoms with E-state index in [1.807, 2.05) is 20.8 Å². The van der Waals surface area contributed by atoms with Gasteiger partial charge in [0.1, 0.15) is 5.15 Å². The van der Waals surface area contributed by atoms with Gasteiger partial charge in [0, 0.05) is 11.0 Å². The summed E-state index contributed by atoms with van der Waals surface area (Å²) in [5.74, 6) is 0.142. The first-order valence-corrected chi connectivity index (χ1v) is 7.77. The molecule has 0 aliphatic rings. The van der Waals surface area contributed by atoms with E-state index in [0.29, 0.717) is 16.5 Å². The van der Waals surface area contributed by atoms with Gasteiger partial charge in [0.2, 0.25) is 0 Å². The lowest BCUT2D eigenvalue weighted by molar-refractivity contribution is 0.386. The van der Waals surface area contributed by atoms with Crippen molar-refractivity contribution in [2.75, 3.05) is 7.11 Å². The summed E-state index contributed by atoms with van der Waals surface area (Å²) in [4.78, 5) is 8.81. The maximum Gasteiger partial charge on any atom is 0.165 e. The molecule has 21 heavy (non-hydrogen) atoms. The molecule has 0 bridgehead atoms. The number of hydrogen-bond donors (Lipinski definition) is 0. The average Bonchev–Trinajstić information content (AvgIpc) is 2.40. The Morgan fingerprint density at radius 1 is 1.24 bits per heavy atom. The third-order valence-corrected chi connectivity index (χ3v) is 4.55. The smallest absolute Gasteiger partial charge is 0.165 e. The molecule has 0 aliphatic carbocycles.